The summed E-state index contributed by atoms with van der Waals surface area (Å²) in [5, 5.41) is 0. The highest BCUT2D eigenvalue weighted by Gasteiger charge is 2.34. The van der Waals surface area contributed by atoms with Gasteiger partial charge in [-0.3, -0.25) is 4.79 Å². The van der Waals surface area contributed by atoms with E-state index in [1.165, 1.54) is 32.1 Å². The van der Waals surface area contributed by atoms with Crippen LogP contribution in [-0.2, 0) is 4.79 Å². The summed E-state index contributed by atoms with van der Waals surface area (Å²) in [6, 6.07) is 0. The van der Waals surface area contributed by atoms with Crippen molar-refractivity contribution in [2.24, 2.45) is 17.8 Å². The average molecular weight is 180 g/mol. The summed E-state index contributed by atoms with van der Waals surface area (Å²) in [5.41, 5.74) is 0. The molecule has 0 aromatic heterocycles. The number of rotatable bonds is 1. The van der Waals surface area contributed by atoms with Gasteiger partial charge in [0, 0.05) is 12.8 Å². The topological polar surface area (TPSA) is 17.1 Å². The van der Waals surface area contributed by atoms with Gasteiger partial charge in [0.25, 0.3) is 0 Å². The van der Waals surface area contributed by atoms with Gasteiger partial charge in [0.2, 0.25) is 0 Å². The van der Waals surface area contributed by atoms with Gasteiger partial charge in [-0.25, -0.2) is 0 Å². The zero-order chi connectivity index (χ0) is 9.26. The fourth-order valence-electron chi connectivity index (χ4n) is 3.16. The number of fused-ring (bicyclic) bond motifs is 1. The quantitative estimate of drug-likeness (QED) is 0.605. The van der Waals surface area contributed by atoms with Crippen molar-refractivity contribution in [2.45, 2.75) is 51.9 Å². The highest BCUT2D eigenvalue weighted by atomic mass is 16.1. The lowest BCUT2D eigenvalue weighted by Gasteiger charge is -2.38. The molecule has 74 valence electrons. The molecule has 13 heavy (non-hydrogen) atoms. The second kappa shape index (κ2) is 3.81. The van der Waals surface area contributed by atoms with E-state index in [2.05, 4.69) is 6.92 Å². The van der Waals surface area contributed by atoms with E-state index in [9.17, 15) is 4.79 Å². The molecule has 2 aliphatic rings. The standard InChI is InChI=1S/C12H20O/c1-2-9-3-4-11-8-12(13)6-5-10(11)7-9/h9-11H,2-8H2,1H3/t9-,10-,11+/m1/s1. The highest BCUT2D eigenvalue weighted by Crippen LogP contribution is 2.42. The SMILES string of the molecule is CC[C@@H]1CC[C@H]2CC(=O)CC[C@@H]2C1. The lowest BCUT2D eigenvalue weighted by atomic mass is 9.67. The van der Waals surface area contributed by atoms with Gasteiger partial charge in [-0.1, -0.05) is 19.8 Å². The van der Waals surface area contributed by atoms with E-state index in [0.29, 0.717) is 5.78 Å². The van der Waals surface area contributed by atoms with E-state index >= 15 is 0 Å². The molecular weight excluding hydrogens is 160 g/mol. The molecule has 3 atom stereocenters. The predicted molar refractivity (Wildman–Crippen MR) is 53.5 cm³/mol. The Kier molecular flexibility index (Phi) is 2.71. The first-order valence-corrected chi connectivity index (χ1v) is 5.81. The summed E-state index contributed by atoms with van der Waals surface area (Å²) < 4.78 is 0. The molecule has 0 aromatic rings. The number of carbonyl (C=O) groups excluding carboxylic acids is 1. The summed E-state index contributed by atoms with van der Waals surface area (Å²) in [5.74, 6) is 3.16. The smallest absolute Gasteiger partial charge is 0.133 e. The Balaban J connectivity index is 1.94. The van der Waals surface area contributed by atoms with Crippen LogP contribution in [0, 0.1) is 17.8 Å². The molecule has 0 amide bonds. The number of ketones is 1. The molecule has 0 spiro atoms. The molecule has 2 rings (SSSR count). The number of hydrogen-bond donors (Lipinski definition) is 0. The summed E-state index contributed by atoms with van der Waals surface area (Å²) in [6.45, 7) is 2.30. The lowest BCUT2D eigenvalue weighted by molar-refractivity contribution is -0.123. The minimum Gasteiger partial charge on any atom is -0.300 e. The molecule has 0 N–H and O–H groups in total. The monoisotopic (exact) mass is 180 g/mol. The molecule has 2 aliphatic carbocycles. The molecule has 0 saturated heterocycles. The fourth-order valence-corrected chi connectivity index (χ4v) is 3.16. The first-order valence-electron chi connectivity index (χ1n) is 5.81. The largest absolute Gasteiger partial charge is 0.300 e. The fraction of sp³-hybridized carbons (Fsp3) is 0.917. The summed E-state index contributed by atoms with van der Waals surface area (Å²) in [4.78, 5) is 11.3. The van der Waals surface area contributed by atoms with Crippen molar-refractivity contribution in [1.82, 2.24) is 0 Å². The molecule has 0 aliphatic heterocycles. The third-order valence-electron chi connectivity index (χ3n) is 4.11. The second-order valence-electron chi connectivity index (χ2n) is 4.89. The number of Topliss-reactive ketones (excluding diaryl/α,β-unsaturated/α-hetero) is 1. The van der Waals surface area contributed by atoms with Gasteiger partial charge in [0.05, 0.1) is 0 Å². The van der Waals surface area contributed by atoms with Crippen LogP contribution in [0.15, 0.2) is 0 Å². The van der Waals surface area contributed by atoms with E-state index in [-0.39, 0.29) is 0 Å². The highest BCUT2D eigenvalue weighted by molar-refractivity contribution is 5.79. The molecular formula is C12H20O. The molecule has 0 unspecified atom stereocenters. The van der Waals surface area contributed by atoms with Crippen LogP contribution in [0.5, 0.6) is 0 Å². The van der Waals surface area contributed by atoms with Crippen LogP contribution in [0.3, 0.4) is 0 Å². The van der Waals surface area contributed by atoms with Crippen molar-refractivity contribution < 1.29 is 4.79 Å². The molecule has 0 aromatic carbocycles. The van der Waals surface area contributed by atoms with Crippen LogP contribution in [-0.4, -0.2) is 5.78 Å². The molecule has 0 bridgehead atoms. The van der Waals surface area contributed by atoms with Crippen molar-refractivity contribution in [3.05, 3.63) is 0 Å². The normalized spacial score (nSPS) is 40.1. The van der Waals surface area contributed by atoms with E-state index in [0.717, 1.165) is 30.6 Å². The Morgan fingerprint density at radius 3 is 2.85 bits per heavy atom. The zero-order valence-electron chi connectivity index (χ0n) is 8.59. The van der Waals surface area contributed by atoms with Gasteiger partial charge in [0.15, 0.2) is 0 Å². The van der Waals surface area contributed by atoms with Gasteiger partial charge in [0.1, 0.15) is 5.78 Å². The van der Waals surface area contributed by atoms with E-state index in [1.54, 1.807) is 0 Å². The Labute approximate surface area is 80.9 Å². The zero-order valence-corrected chi connectivity index (χ0v) is 8.59. The van der Waals surface area contributed by atoms with Crippen LogP contribution in [0.2, 0.25) is 0 Å². The molecule has 2 saturated carbocycles. The van der Waals surface area contributed by atoms with Gasteiger partial charge >= 0.3 is 0 Å². The van der Waals surface area contributed by atoms with Crippen LogP contribution in [0.25, 0.3) is 0 Å². The number of hydrogen-bond acceptors (Lipinski definition) is 1. The molecule has 1 heteroatoms. The van der Waals surface area contributed by atoms with Crippen LogP contribution >= 0.6 is 0 Å². The Morgan fingerprint density at radius 1 is 1.23 bits per heavy atom. The van der Waals surface area contributed by atoms with Crippen molar-refractivity contribution in [2.75, 3.05) is 0 Å². The molecule has 1 nitrogen and oxygen atoms in total. The van der Waals surface area contributed by atoms with Crippen LogP contribution < -0.4 is 0 Å². The van der Waals surface area contributed by atoms with Crippen LogP contribution in [0.1, 0.15) is 51.9 Å². The predicted octanol–water partition coefficient (Wildman–Crippen LogP) is 3.18. The number of carbonyl (C=O) groups is 1. The van der Waals surface area contributed by atoms with Gasteiger partial charge in [-0.15, -0.1) is 0 Å². The van der Waals surface area contributed by atoms with Crippen molar-refractivity contribution >= 4 is 5.78 Å². The molecule has 0 radical (unpaired) electrons. The molecule has 0 heterocycles. The van der Waals surface area contributed by atoms with Gasteiger partial charge in [-0.2, -0.15) is 0 Å². The van der Waals surface area contributed by atoms with Crippen molar-refractivity contribution in [1.29, 1.82) is 0 Å². The Bertz CT molecular complexity index is 197. The van der Waals surface area contributed by atoms with E-state index in [4.69, 9.17) is 0 Å². The maximum Gasteiger partial charge on any atom is 0.133 e. The minimum atomic E-state index is 0.524. The third-order valence-corrected chi connectivity index (χ3v) is 4.11. The minimum absolute atomic E-state index is 0.524. The van der Waals surface area contributed by atoms with E-state index < -0.39 is 0 Å². The first kappa shape index (κ1) is 9.23. The lowest BCUT2D eigenvalue weighted by Crippen LogP contribution is -2.30. The maximum absolute atomic E-state index is 11.3. The average Bonchev–Trinajstić information content (AvgIpc) is 2.17. The van der Waals surface area contributed by atoms with Crippen molar-refractivity contribution in [3.8, 4) is 0 Å². The van der Waals surface area contributed by atoms with Crippen molar-refractivity contribution in [3.63, 3.8) is 0 Å². The molecule has 2 fully saturated rings. The second-order valence-corrected chi connectivity index (χ2v) is 4.89. The van der Waals surface area contributed by atoms with Crippen LogP contribution in [0.4, 0.5) is 0 Å². The third kappa shape index (κ3) is 1.95. The summed E-state index contributed by atoms with van der Waals surface area (Å²) in [6.07, 6.45) is 8.43. The Hall–Kier alpha value is -0.330. The summed E-state index contributed by atoms with van der Waals surface area (Å²) in [7, 11) is 0. The van der Waals surface area contributed by atoms with E-state index in [1.807, 2.05) is 0 Å². The maximum atomic E-state index is 11.3. The van der Waals surface area contributed by atoms with Gasteiger partial charge in [-0.05, 0) is 37.0 Å². The summed E-state index contributed by atoms with van der Waals surface area (Å²) >= 11 is 0. The Morgan fingerprint density at radius 2 is 2.08 bits per heavy atom. The first-order chi connectivity index (χ1) is 6.29. The van der Waals surface area contributed by atoms with Gasteiger partial charge < -0.3 is 0 Å².